The van der Waals surface area contributed by atoms with E-state index in [1.54, 1.807) is 32.0 Å². The van der Waals surface area contributed by atoms with Crippen molar-refractivity contribution in [1.82, 2.24) is 0 Å². The third-order valence-corrected chi connectivity index (χ3v) is 6.88. The van der Waals surface area contributed by atoms with Crippen LogP contribution < -0.4 is 15.2 Å². The van der Waals surface area contributed by atoms with Crippen LogP contribution in [0.15, 0.2) is 51.2 Å². The predicted molar refractivity (Wildman–Crippen MR) is 139 cm³/mol. The smallest absolute Gasteiger partial charge is 0.162 e. The van der Waals surface area contributed by atoms with Gasteiger partial charge in [0.15, 0.2) is 17.8 Å². The quantitative estimate of drug-likeness (QED) is 0.188. The van der Waals surface area contributed by atoms with E-state index in [0.717, 1.165) is 35.3 Å². The van der Waals surface area contributed by atoms with Crippen LogP contribution in [0.1, 0.15) is 43.8 Å². The van der Waals surface area contributed by atoms with E-state index in [1.807, 2.05) is 36.6 Å². The molecule has 0 heterocycles. The lowest BCUT2D eigenvalue weighted by Gasteiger charge is -2.25. The molecule has 0 aliphatic heterocycles. The molecular formula is C25H34N2O4S2. The normalized spacial score (nSPS) is 14.5. The van der Waals surface area contributed by atoms with Crippen molar-refractivity contribution in [3.8, 4) is 11.5 Å². The summed E-state index contributed by atoms with van der Waals surface area (Å²) in [5, 5.41) is 0. The van der Waals surface area contributed by atoms with Crippen molar-refractivity contribution in [2.75, 3.05) is 26.4 Å². The number of carbonyl (C=O) groups excluding carboxylic acids is 1. The van der Waals surface area contributed by atoms with Crippen LogP contribution in [0.25, 0.3) is 0 Å². The Labute approximate surface area is 205 Å². The lowest BCUT2D eigenvalue weighted by Crippen LogP contribution is -2.20. The number of hydrogen-bond donors (Lipinski definition) is 1. The fraction of sp³-hybridized carbons (Fsp3) is 0.440. The van der Waals surface area contributed by atoms with Gasteiger partial charge in [0, 0.05) is 21.7 Å². The van der Waals surface area contributed by atoms with Crippen molar-refractivity contribution >= 4 is 42.2 Å². The number of aldehydes is 1. The number of aliphatic imine (C=N–C) groups is 1. The molecule has 0 saturated heterocycles. The highest BCUT2D eigenvalue weighted by Crippen LogP contribution is 2.39. The molecule has 1 unspecified atom stereocenters. The highest BCUT2D eigenvalue weighted by Gasteiger charge is 2.20. The predicted octanol–water partition coefficient (Wildman–Crippen LogP) is 6.04. The molecule has 33 heavy (non-hydrogen) atoms. The van der Waals surface area contributed by atoms with Crippen LogP contribution in [-0.4, -0.2) is 45.5 Å². The summed E-state index contributed by atoms with van der Waals surface area (Å²) in [7, 11) is 3.18. The van der Waals surface area contributed by atoms with Gasteiger partial charge in [-0.15, -0.1) is 23.5 Å². The van der Waals surface area contributed by atoms with Gasteiger partial charge >= 0.3 is 0 Å². The molecule has 1 aliphatic rings. The average Bonchev–Trinajstić information content (AvgIpc) is 2.88. The summed E-state index contributed by atoms with van der Waals surface area (Å²) in [6.07, 6.45) is 8.75. The molecule has 1 aliphatic carbocycles. The number of rotatable bonds is 10. The average molecular weight is 491 g/mol. The second-order valence-corrected chi connectivity index (χ2v) is 9.31. The summed E-state index contributed by atoms with van der Waals surface area (Å²) in [5.41, 5.74) is 7.19. The summed E-state index contributed by atoms with van der Waals surface area (Å²) >= 11 is 3.19. The van der Waals surface area contributed by atoms with Crippen molar-refractivity contribution in [2.24, 2.45) is 10.7 Å². The standard InChI is InChI=1S/C15H20O2S.C10H14N2O2S/c1-18-14-9-7-12(8-10-14)15(11-16)17-13-5-3-2-4-6-13;1-12-7-4-8(13-2)9(14-3)5-10(7)15-6-11/h7-11,13,15H,2-6H2,1H3;4-5H,1,6,11H2,2-3H3. The highest BCUT2D eigenvalue weighted by atomic mass is 32.2. The van der Waals surface area contributed by atoms with E-state index in [0.29, 0.717) is 17.4 Å². The first-order valence-electron chi connectivity index (χ1n) is 10.9. The zero-order chi connectivity index (χ0) is 24.1. The highest BCUT2D eigenvalue weighted by molar-refractivity contribution is 7.99. The number of nitrogens with two attached hydrogens (primary N) is 1. The fourth-order valence-electron chi connectivity index (χ4n) is 3.57. The van der Waals surface area contributed by atoms with E-state index in [2.05, 4.69) is 11.7 Å². The van der Waals surface area contributed by atoms with Gasteiger partial charge in [0.2, 0.25) is 0 Å². The van der Waals surface area contributed by atoms with Gasteiger partial charge in [0.1, 0.15) is 6.10 Å². The number of benzene rings is 2. The van der Waals surface area contributed by atoms with Crippen LogP contribution in [0.5, 0.6) is 11.5 Å². The Morgan fingerprint density at radius 2 is 1.76 bits per heavy atom. The topological polar surface area (TPSA) is 83.1 Å². The van der Waals surface area contributed by atoms with Crippen molar-refractivity contribution in [3.05, 3.63) is 42.0 Å². The van der Waals surface area contributed by atoms with Gasteiger partial charge < -0.3 is 24.7 Å². The first-order valence-corrected chi connectivity index (χ1v) is 13.1. The van der Waals surface area contributed by atoms with Gasteiger partial charge in [-0.05, 0) is 49.6 Å². The zero-order valence-corrected chi connectivity index (χ0v) is 21.3. The minimum absolute atomic E-state index is 0.258. The third-order valence-electron chi connectivity index (χ3n) is 5.33. The van der Waals surface area contributed by atoms with E-state index in [9.17, 15) is 4.79 Å². The lowest BCUT2D eigenvalue weighted by molar-refractivity contribution is -0.123. The van der Waals surface area contributed by atoms with Crippen LogP contribution >= 0.6 is 23.5 Å². The maximum Gasteiger partial charge on any atom is 0.162 e. The van der Waals surface area contributed by atoms with Gasteiger partial charge in [-0.25, -0.2) is 0 Å². The molecule has 0 radical (unpaired) electrons. The first kappa shape index (κ1) is 27.2. The number of nitrogens with zero attached hydrogens (tertiary/aromatic N) is 1. The second-order valence-electron chi connectivity index (χ2n) is 7.37. The maximum atomic E-state index is 11.2. The molecule has 0 spiro atoms. The van der Waals surface area contributed by atoms with Gasteiger partial charge in [0.05, 0.1) is 26.0 Å². The molecule has 2 aromatic carbocycles. The molecule has 0 aromatic heterocycles. The van der Waals surface area contributed by atoms with Crippen molar-refractivity contribution in [3.63, 3.8) is 0 Å². The zero-order valence-electron chi connectivity index (χ0n) is 19.6. The monoisotopic (exact) mass is 490 g/mol. The van der Waals surface area contributed by atoms with Crippen LogP contribution in [0.3, 0.4) is 0 Å². The third kappa shape index (κ3) is 8.37. The fourth-order valence-corrected chi connectivity index (χ4v) is 4.62. The SMILES string of the molecule is C=Nc1cc(OC)c(OC)cc1SCN.CSc1ccc(C(C=O)OC2CCCCC2)cc1. The van der Waals surface area contributed by atoms with Crippen LogP contribution in [0.4, 0.5) is 5.69 Å². The molecule has 2 N–H and O–H groups in total. The van der Waals surface area contributed by atoms with Gasteiger partial charge in [-0.1, -0.05) is 31.4 Å². The summed E-state index contributed by atoms with van der Waals surface area (Å²) < 4.78 is 16.3. The Morgan fingerprint density at radius 1 is 1.12 bits per heavy atom. The molecule has 1 atom stereocenters. The van der Waals surface area contributed by atoms with Crippen LogP contribution in [-0.2, 0) is 9.53 Å². The molecule has 0 bridgehead atoms. The molecular weight excluding hydrogens is 456 g/mol. The summed E-state index contributed by atoms with van der Waals surface area (Å²) in [5.74, 6) is 1.79. The van der Waals surface area contributed by atoms with E-state index < -0.39 is 6.10 Å². The molecule has 8 heteroatoms. The van der Waals surface area contributed by atoms with Crippen LogP contribution in [0, 0.1) is 0 Å². The molecule has 1 fully saturated rings. The number of methoxy groups -OCH3 is 2. The summed E-state index contributed by atoms with van der Waals surface area (Å²) in [6, 6.07) is 11.7. The Morgan fingerprint density at radius 3 is 2.27 bits per heavy atom. The number of ether oxygens (including phenoxy) is 3. The molecule has 3 rings (SSSR count). The Bertz CT molecular complexity index is 871. The Hall–Kier alpha value is -2.00. The molecule has 180 valence electrons. The van der Waals surface area contributed by atoms with Crippen molar-refractivity contribution in [1.29, 1.82) is 0 Å². The minimum Gasteiger partial charge on any atom is -0.493 e. The van der Waals surface area contributed by atoms with Crippen molar-refractivity contribution in [2.45, 2.75) is 54.1 Å². The molecule has 2 aromatic rings. The number of carbonyl (C=O) groups is 1. The maximum absolute atomic E-state index is 11.2. The van der Waals surface area contributed by atoms with E-state index >= 15 is 0 Å². The molecule has 1 saturated carbocycles. The van der Waals surface area contributed by atoms with E-state index in [4.69, 9.17) is 19.9 Å². The first-order chi connectivity index (χ1) is 16.1. The van der Waals surface area contributed by atoms with Crippen LogP contribution in [0.2, 0.25) is 0 Å². The Kier molecular flexibility index (Phi) is 12.4. The minimum atomic E-state index is -0.399. The summed E-state index contributed by atoms with van der Waals surface area (Å²) in [6.45, 7) is 3.50. The summed E-state index contributed by atoms with van der Waals surface area (Å²) in [4.78, 5) is 17.3. The van der Waals surface area contributed by atoms with Gasteiger partial charge in [-0.2, -0.15) is 0 Å². The van der Waals surface area contributed by atoms with E-state index in [1.165, 1.54) is 35.9 Å². The van der Waals surface area contributed by atoms with Crippen molar-refractivity contribution < 1.29 is 19.0 Å². The van der Waals surface area contributed by atoms with E-state index in [-0.39, 0.29) is 6.10 Å². The molecule has 6 nitrogen and oxygen atoms in total. The number of hydrogen-bond acceptors (Lipinski definition) is 8. The largest absolute Gasteiger partial charge is 0.493 e. The molecule has 0 amide bonds. The number of thioether (sulfide) groups is 2. The second kappa shape index (κ2) is 15.0. The van der Waals surface area contributed by atoms with Gasteiger partial charge in [0.25, 0.3) is 0 Å². The Balaban J connectivity index is 0.000000238. The lowest BCUT2D eigenvalue weighted by atomic mass is 9.97. The van der Waals surface area contributed by atoms with Gasteiger partial charge in [-0.3, -0.25) is 4.99 Å².